The summed E-state index contributed by atoms with van der Waals surface area (Å²) in [6.07, 6.45) is 6.46. The second-order valence-corrected chi connectivity index (χ2v) is 4.69. The SMILES string of the molecule is CC(F)(F)c1cc(-n2cc3c(n2)CCC3)ccn1. The van der Waals surface area contributed by atoms with Gasteiger partial charge in [0.05, 0.1) is 11.4 Å². The van der Waals surface area contributed by atoms with Crippen molar-refractivity contribution >= 4 is 0 Å². The van der Waals surface area contributed by atoms with Crippen molar-refractivity contribution in [2.45, 2.75) is 32.1 Å². The van der Waals surface area contributed by atoms with Gasteiger partial charge in [0.25, 0.3) is 5.92 Å². The Hall–Kier alpha value is -1.78. The molecule has 0 unspecified atom stereocenters. The highest BCUT2D eigenvalue weighted by molar-refractivity contribution is 5.35. The van der Waals surface area contributed by atoms with Gasteiger partial charge in [-0.15, -0.1) is 0 Å². The number of rotatable bonds is 2. The summed E-state index contributed by atoms with van der Waals surface area (Å²) in [6, 6.07) is 3.08. The van der Waals surface area contributed by atoms with Gasteiger partial charge in [-0.05, 0) is 37.0 Å². The van der Waals surface area contributed by atoms with Crippen LogP contribution in [0, 0.1) is 0 Å². The van der Waals surface area contributed by atoms with Crippen molar-refractivity contribution in [1.82, 2.24) is 14.8 Å². The molecule has 0 spiro atoms. The molecule has 0 radical (unpaired) electrons. The van der Waals surface area contributed by atoms with E-state index in [-0.39, 0.29) is 5.69 Å². The maximum atomic E-state index is 13.2. The molecule has 3 rings (SSSR count). The zero-order valence-electron chi connectivity index (χ0n) is 10.0. The van der Waals surface area contributed by atoms with Gasteiger partial charge in [0.2, 0.25) is 0 Å². The summed E-state index contributed by atoms with van der Waals surface area (Å²) in [5, 5.41) is 4.43. The van der Waals surface area contributed by atoms with Gasteiger partial charge >= 0.3 is 0 Å². The van der Waals surface area contributed by atoms with Crippen LogP contribution in [-0.2, 0) is 18.8 Å². The van der Waals surface area contributed by atoms with Crippen molar-refractivity contribution in [1.29, 1.82) is 0 Å². The molecule has 0 amide bonds. The van der Waals surface area contributed by atoms with E-state index in [4.69, 9.17) is 0 Å². The van der Waals surface area contributed by atoms with Gasteiger partial charge in [-0.1, -0.05) is 0 Å². The summed E-state index contributed by atoms with van der Waals surface area (Å²) in [5.74, 6) is -2.92. The minimum Gasteiger partial charge on any atom is -0.255 e. The van der Waals surface area contributed by atoms with Gasteiger partial charge in [0.1, 0.15) is 5.69 Å². The lowest BCUT2D eigenvalue weighted by Crippen LogP contribution is -2.10. The minimum absolute atomic E-state index is 0.226. The van der Waals surface area contributed by atoms with Crippen LogP contribution in [0.25, 0.3) is 5.69 Å². The molecule has 2 aromatic rings. The number of aromatic nitrogens is 3. The van der Waals surface area contributed by atoms with Crippen LogP contribution >= 0.6 is 0 Å². The molecule has 0 fully saturated rings. The van der Waals surface area contributed by atoms with Crippen LogP contribution in [0.4, 0.5) is 8.78 Å². The van der Waals surface area contributed by atoms with Crippen molar-refractivity contribution in [3.63, 3.8) is 0 Å². The average Bonchev–Trinajstić information content (AvgIpc) is 2.88. The molecule has 0 aromatic carbocycles. The fraction of sp³-hybridized carbons (Fsp3) is 0.385. The van der Waals surface area contributed by atoms with Crippen LogP contribution < -0.4 is 0 Å². The number of fused-ring (bicyclic) bond motifs is 1. The lowest BCUT2D eigenvalue weighted by atomic mass is 10.2. The van der Waals surface area contributed by atoms with Crippen LogP contribution in [0.15, 0.2) is 24.5 Å². The second-order valence-electron chi connectivity index (χ2n) is 4.69. The minimum atomic E-state index is -2.92. The maximum absolute atomic E-state index is 13.2. The van der Waals surface area contributed by atoms with Crippen molar-refractivity contribution in [2.24, 2.45) is 0 Å². The summed E-state index contributed by atoms with van der Waals surface area (Å²) in [7, 11) is 0. The van der Waals surface area contributed by atoms with Crippen LogP contribution in [0.1, 0.15) is 30.3 Å². The van der Waals surface area contributed by atoms with Gasteiger partial charge in [0.15, 0.2) is 0 Å². The molecule has 0 saturated carbocycles. The monoisotopic (exact) mass is 249 g/mol. The number of pyridine rings is 1. The van der Waals surface area contributed by atoms with E-state index < -0.39 is 5.92 Å². The smallest absolute Gasteiger partial charge is 0.255 e. The first-order chi connectivity index (χ1) is 8.54. The van der Waals surface area contributed by atoms with E-state index in [0.717, 1.165) is 31.9 Å². The summed E-state index contributed by atoms with van der Waals surface area (Å²) in [6.45, 7) is 0.849. The molecule has 94 valence electrons. The van der Waals surface area contributed by atoms with Crippen LogP contribution in [-0.4, -0.2) is 14.8 Å². The number of hydrogen-bond acceptors (Lipinski definition) is 2. The van der Waals surface area contributed by atoms with E-state index >= 15 is 0 Å². The molecule has 0 atom stereocenters. The topological polar surface area (TPSA) is 30.7 Å². The highest BCUT2D eigenvalue weighted by Gasteiger charge is 2.26. The van der Waals surface area contributed by atoms with Crippen molar-refractivity contribution in [3.8, 4) is 5.69 Å². The number of hydrogen-bond donors (Lipinski definition) is 0. The Bertz CT molecular complexity index is 563. The Morgan fingerprint density at radius 1 is 1.33 bits per heavy atom. The molecule has 0 aliphatic heterocycles. The Kier molecular flexibility index (Phi) is 2.43. The van der Waals surface area contributed by atoms with E-state index in [1.54, 1.807) is 10.7 Å². The molecule has 0 N–H and O–H groups in total. The summed E-state index contributed by atoms with van der Waals surface area (Å²) < 4.78 is 28.1. The third-order valence-corrected chi connectivity index (χ3v) is 3.19. The molecule has 1 aliphatic rings. The van der Waals surface area contributed by atoms with Crippen molar-refractivity contribution in [2.75, 3.05) is 0 Å². The third kappa shape index (κ3) is 1.89. The molecule has 2 aromatic heterocycles. The maximum Gasteiger partial charge on any atom is 0.287 e. The highest BCUT2D eigenvalue weighted by atomic mass is 19.3. The van der Waals surface area contributed by atoms with Crippen molar-refractivity contribution < 1.29 is 8.78 Å². The molecule has 1 aliphatic carbocycles. The normalized spacial score (nSPS) is 14.8. The Balaban J connectivity index is 2.01. The molecule has 3 nitrogen and oxygen atoms in total. The van der Waals surface area contributed by atoms with E-state index in [0.29, 0.717) is 5.69 Å². The van der Waals surface area contributed by atoms with Gasteiger partial charge in [-0.3, -0.25) is 4.98 Å². The first-order valence-electron chi connectivity index (χ1n) is 5.96. The standard InChI is InChI=1S/C13H13F2N3/c1-13(14,15)12-7-10(5-6-16-12)18-8-9-3-2-4-11(9)17-18/h5-8H,2-4H2,1H3. The lowest BCUT2D eigenvalue weighted by molar-refractivity contribution is 0.0127. The summed E-state index contributed by atoms with van der Waals surface area (Å²) in [4.78, 5) is 3.71. The number of alkyl halides is 2. The zero-order chi connectivity index (χ0) is 12.8. The van der Waals surface area contributed by atoms with Gasteiger partial charge in [-0.2, -0.15) is 13.9 Å². The summed E-state index contributed by atoms with van der Waals surface area (Å²) >= 11 is 0. The molecular formula is C13H13F2N3. The average molecular weight is 249 g/mol. The Morgan fingerprint density at radius 2 is 2.17 bits per heavy atom. The molecular weight excluding hydrogens is 236 g/mol. The largest absolute Gasteiger partial charge is 0.287 e. The van der Waals surface area contributed by atoms with E-state index in [9.17, 15) is 8.78 Å². The van der Waals surface area contributed by atoms with E-state index in [2.05, 4.69) is 10.1 Å². The van der Waals surface area contributed by atoms with Crippen molar-refractivity contribution in [3.05, 3.63) is 41.5 Å². The van der Waals surface area contributed by atoms with Gasteiger partial charge in [0, 0.05) is 19.3 Å². The Morgan fingerprint density at radius 3 is 2.89 bits per heavy atom. The quantitative estimate of drug-likeness (QED) is 0.819. The van der Waals surface area contributed by atoms with Gasteiger partial charge in [-0.25, -0.2) is 4.68 Å². The Labute approximate surface area is 103 Å². The van der Waals surface area contributed by atoms with Crippen LogP contribution in [0.5, 0.6) is 0 Å². The predicted octanol–water partition coefficient (Wildman–Crippen LogP) is 2.87. The second kappa shape index (κ2) is 3.86. The first kappa shape index (κ1) is 11.3. The molecule has 5 heteroatoms. The van der Waals surface area contributed by atoms with E-state index in [1.807, 2.05) is 6.20 Å². The number of halogens is 2. The van der Waals surface area contributed by atoms with E-state index in [1.165, 1.54) is 17.8 Å². The molecule has 0 saturated heterocycles. The third-order valence-electron chi connectivity index (χ3n) is 3.19. The fourth-order valence-corrected chi connectivity index (χ4v) is 2.25. The fourth-order valence-electron chi connectivity index (χ4n) is 2.25. The molecule has 18 heavy (non-hydrogen) atoms. The zero-order valence-corrected chi connectivity index (χ0v) is 10.0. The molecule has 2 heterocycles. The predicted molar refractivity (Wildman–Crippen MR) is 63.0 cm³/mol. The molecule has 0 bridgehead atoms. The highest BCUT2D eigenvalue weighted by Crippen LogP contribution is 2.27. The van der Waals surface area contributed by atoms with Gasteiger partial charge < -0.3 is 0 Å². The van der Waals surface area contributed by atoms with Crippen LogP contribution in [0.3, 0.4) is 0 Å². The summed E-state index contributed by atoms with van der Waals surface area (Å²) in [5.41, 5.74) is 2.71. The number of nitrogens with zero attached hydrogens (tertiary/aromatic N) is 3. The first-order valence-corrected chi connectivity index (χ1v) is 5.96. The lowest BCUT2D eigenvalue weighted by Gasteiger charge is -2.10. The number of aryl methyl sites for hydroxylation is 2. The van der Waals surface area contributed by atoms with Crippen LogP contribution in [0.2, 0.25) is 0 Å².